The highest BCUT2D eigenvalue weighted by Gasteiger charge is 2.11. The second kappa shape index (κ2) is 5.70. The van der Waals surface area contributed by atoms with Crippen LogP contribution in [0.4, 0.5) is 0 Å². The first-order valence-electron chi connectivity index (χ1n) is 6.60. The molecule has 0 unspecified atom stereocenters. The number of benzene rings is 2. The lowest BCUT2D eigenvalue weighted by Gasteiger charge is -2.14. The predicted molar refractivity (Wildman–Crippen MR) is 77.7 cm³/mol. The normalized spacial score (nSPS) is 10.4. The SMILES string of the molecule is CCc1cc(O)cc(CC)c1-c1cccc(C=O)c1. The lowest BCUT2D eigenvalue weighted by molar-refractivity contribution is 0.112. The van der Waals surface area contributed by atoms with Crippen LogP contribution in [0.5, 0.6) is 5.75 Å². The average Bonchev–Trinajstić information content (AvgIpc) is 2.46. The molecule has 0 aliphatic heterocycles. The molecule has 0 aliphatic carbocycles. The summed E-state index contributed by atoms with van der Waals surface area (Å²) in [7, 11) is 0. The van der Waals surface area contributed by atoms with Crippen molar-refractivity contribution >= 4 is 6.29 Å². The summed E-state index contributed by atoms with van der Waals surface area (Å²) >= 11 is 0. The molecule has 0 fully saturated rings. The monoisotopic (exact) mass is 254 g/mol. The van der Waals surface area contributed by atoms with Gasteiger partial charge in [0.1, 0.15) is 12.0 Å². The quantitative estimate of drug-likeness (QED) is 0.837. The second-order valence-corrected chi connectivity index (χ2v) is 4.59. The van der Waals surface area contributed by atoms with Gasteiger partial charge in [-0.25, -0.2) is 0 Å². The molecule has 0 amide bonds. The molecule has 98 valence electrons. The first-order chi connectivity index (χ1) is 9.19. The van der Waals surface area contributed by atoms with Crippen LogP contribution in [0.1, 0.15) is 35.3 Å². The third kappa shape index (κ3) is 2.68. The Bertz CT molecular complexity index is 575. The van der Waals surface area contributed by atoms with Crippen molar-refractivity contribution in [2.45, 2.75) is 26.7 Å². The number of carbonyl (C=O) groups is 1. The molecule has 0 aliphatic rings. The van der Waals surface area contributed by atoms with Gasteiger partial charge in [0.25, 0.3) is 0 Å². The van der Waals surface area contributed by atoms with E-state index in [4.69, 9.17) is 0 Å². The van der Waals surface area contributed by atoms with E-state index >= 15 is 0 Å². The highest BCUT2D eigenvalue weighted by atomic mass is 16.3. The van der Waals surface area contributed by atoms with Crippen LogP contribution >= 0.6 is 0 Å². The minimum atomic E-state index is 0.309. The third-order valence-corrected chi connectivity index (χ3v) is 3.36. The Morgan fingerprint density at radius 1 is 1.05 bits per heavy atom. The van der Waals surface area contributed by atoms with Crippen LogP contribution in [0, 0.1) is 0 Å². The second-order valence-electron chi connectivity index (χ2n) is 4.59. The van der Waals surface area contributed by atoms with Crippen molar-refractivity contribution in [1.29, 1.82) is 0 Å². The molecule has 19 heavy (non-hydrogen) atoms. The Morgan fingerprint density at radius 2 is 1.68 bits per heavy atom. The highest BCUT2D eigenvalue weighted by Crippen LogP contribution is 2.32. The zero-order valence-electron chi connectivity index (χ0n) is 11.3. The molecule has 2 aromatic rings. The molecule has 0 spiro atoms. The Balaban J connectivity index is 2.68. The topological polar surface area (TPSA) is 37.3 Å². The summed E-state index contributed by atoms with van der Waals surface area (Å²) in [5.41, 5.74) is 5.08. The van der Waals surface area contributed by atoms with Gasteiger partial charge in [0.2, 0.25) is 0 Å². The lowest BCUT2D eigenvalue weighted by Crippen LogP contribution is -1.95. The van der Waals surface area contributed by atoms with Crippen molar-refractivity contribution in [2.75, 3.05) is 0 Å². The van der Waals surface area contributed by atoms with Crippen LogP contribution in [-0.4, -0.2) is 11.4 Å². The van der Waals surface area contributed by atoms with E-state index in [9.17, 15) is 9.90 Å². The van der Waals surface area contributed by atoms with Gasteiger partial charge in [-0.15, -0.1) is 0 Å². The maximum atomic E-state index is 10.9. The summed E-state index contributed by atoms with van der Waals surface area (Å²) in [6.45, 7) is 4.14. The maximum absolute atomic E-state index is 10.9. The Kier molecular flexibility index (Phi) is 4.00. The van der Waals surface area contributed by atoms with Crippen LogP contribution in [0.2, 0.25) is 0 Å². The number of hydrogen-bond donors (Lipinski definition) is 1. The van der Waals surface area contributed by atoms with E-state index in [-0.39, 0.29) is 0 Å². The molecular formula is C17H18O2. The van der Waals surface area contributed by atoms with Gasteiger partial charge in [-0.2, -0.15) is 0 Å². The fraction of sp³-hybridized carbons (Fsp3) is 0.235. The number of aldehydes is 1. The zero-order valence-corrected chi connectivity index (χ0v) is 11.3. The van der Waals surface area contributed by atoms with Crippen LogP contribution in [-0.2, 0) is 12.8 Å². The van der Waals surface area contributed by atoms with E-state index in [0.717, 1.165) is 41.4 Å². The Morgan fingerprint density at radius 3 is 2.21 bits per heavy atom. The number of phenols is 1. The molecular weight excluding hydrogens is 236 g/mol. The summed E-state index contributed by atoms with van der Waals surface area (Å²) in [5.74, 6) is 0.309. The number of rotatable bonds is 4. The van der Waals surface area contributed by atoms with Crippen LogP contribution in [0.3, 0.4) is 0 Å². The van der Waals surface area contributed by atoms with Crippen molar-refractivity contribution in [3.63, 3.8) is 0 Å². The Hall–Kier alpha value is -2.09. The van der Waals surface area contributed by atoms with Crippen LogP contribution < -0.4 is 0 Å². The van der Waals surface area contributed by atoms with Crippen molar-refractivity contribution in [3.8, 4) is 16.9 Å². The van der Waals surface area contributed by atoms with Gasteiger partial charge < -0.3 is 5.11 Å². The molecule has 2 aromatic carbocycles. The van der Waals surface area contributed by atoms with Crippen molar-refractivity contribution in [3.05, 3.63) is 53.1 Å². The van der Waals surface area contributed by atoms with Gasteiger partial charge >= 0.3 is 0 Å². The summed E-state index contributed by atoms with van der Waals surface area (Å²) in [5, 5.41) is 9.77. The number of phenolic OH excluding ortho intramolecular Hbond substituents is 1. The predicted octanol–water partition coefficient (Wildman–Crippen LogP) is 4.00. The molecule has 2 nitrogen and oxygen atoms in total. The molecule has 0 atom stereocenters. The lowest BCUT2D eigenvalue weighted by atomic mass is 9.91. The van der Waals surface area contributed by atoms with E-state index < -0.39 is 0 Å². The standard InChI is InChI=1S/C17H18O2/c1-3-13-9-16(19)10-14(4-2)17(13)15-7-5-6-12(8-15)11-18/h5-11,19H,3-4H2,1-2H3. The molecule has 0 saturated heterocycles. The minimum absolute atomic E-state index is 0.309. The first-order valence-corrected chi connectivity index (χ1v) is 6.60. The van der Waals surface area contributed by atoms with Gasteiger partial charge in [-0.1, -0.05) is 32.0 Å². The van der Waals surface area contributed by atoms with E-state index in [0.29, 0.717) is 11.3 Å². The van der Waals surface area contributed by atoms with E-state index in [1.54, 1.807) is 6.07 Å². The molecule has 2 heteroatoms. The van der Waals surface area contributed by atoms with E-state index in [1.165, 1.54) is 0 Å². The van der Waals surface area contributed by atoms with Gasteiger partial charge in [-0.3, -0.25) is 4.79 Å². The average molecular weight is 254 g/mol. The summed E-state index contributed by atoms with van der Waals surface area (Å²) < 4.78 is 0. The van der Waals surface area contributed by atoms with Crippen LogP contribution in [0.15, 0.2) is 36.4 Å². The van der Waals surface area contributed by atoms with E-state index in [1.807, 2.05) is 30.3 Å². The fourth-order valence-electron chi connectivity index (χ4n) is 2.45. The first kappa shape index (κ1) is 13.3. The van der Waals surface area contributed by atoms with Gasteiger partial charge in [0.05, 0.1) is 0 Å². The molecule has 0 aromatic heterocycles. The number of carbonyl (C=O) groups excluding carboxylic acids is 1. The number of aryl methyl sites for hydroxylation is 2. The molecule has 2 rings (SSSR count). The van der Waals surface area contributed by atoms with Crippen molar-refractivity contribution in [2.24, 2.45) is 0 Å². The maximum Gasteiger partial charge on any atom is 0.150 e. The van der Waals surface area contributed by atoms with E-state index in [2.05, 4.69) is 13.8 Å². The fourth-order valence-corrected chi connectivity index (χ4v) is 2.45. The zero-order chi connectivity index (χ0) is 13.8. The highest BCUT2D eigenvalue weighted by molar-refractivity contribution is 5.81. The number of hydrogen-bond acceptors (Lipinski definition) is 2. The molecule has 1 N–H and O–H groups in total. The number of aromatic hydroxyl groups is 1. The summed E-state index contributed by atoms with van der Waals surface area (Å²) in [6.07, 6.45) is 2.56. The summed E-state index contributed by atoms with van der Waals surface area (Å²) in [4.78, 5) is 10.9. The van der Waals surface area contributed by atoms with Gasteiger partial charge in [-0.05, 0) is 53.3 Å². The van der Waals surface area contributed by atoms with Crippen molar-refractivity contribution in [1.82, 2.24) is 0 Å². The third-order valence-electron chi connectivity index (χ3n) is 3.36. The van der Waals surface area contributed by atoms with Gasteiger partial charge in [0.15, 0.2) is 0 Å². The molecule has 0 bridgehead atoms. The largest absolute Gasteiger partial charge is 0.508 e. The van der Waals surface area contributed by atoms with Crippen molar-refractivity contribution < 1.29 is 9.90 Å². The molecule has 0 saturated carbocycles. The molecule has 0 radical (unpaired) electrons. The molecule has 0 heterocycles. The summed E-state index contributed by atoms with van der Waals surface area (Å²) in [6, 6.07) is 11.2. The van der Waals surface area contributed by atoms with Gasteiger partial charge in [0, 0.05) is 5.56 Å². The smallest absolute Gasteiger partial charge is 0.150 e. The minimum Gasteiger partial charge on any atom is -0.508 e. The van der Waals surface area contributed by atoms with Crippen LogP contribution in [0.25, 0.3) is 11.1 Å². The Labute approximate surface area is 113 Å².